The summed E-state index contributed by atoms with van der Waals surface area (Å²) in [6, 6.07) is 12.3. The number of carbonyl (C=O) groups excluding carboxylic acids is 2. The van der Waals surface area contributed by atoms with Gasteiger partial charge >= 0.3 is 0 Å². The molecule has 1 aliphatic heterocycles. The van der Waals surface area contributed by atoms with Crippen LogP contribution in [-0.2, 0) is 16.0 Å². The lowest BCUT2D eigenvalue weighted by Gasteiger charge is -2.29. The Morgan fingerprint density at radius 3 is 2.54 bits per heavy atom. The Morgan fingerprint density at radius 2 is 1.93 bits per heavy atom. The van der Waals surface area contributed by atoms with Crippen molar-refractivity contribution in [2.24, 2.45) is 5.41 Å². The smallest absolute Gasteiger partial charge is 0.228 e. The van der Waals surface area contributed by atoms with Crippen LogP contribution in [0.3, 0.4) is 0 Å². The van der Waals surface area contributed by atoms with Crippen molar-refractivity contribution in [2.45, 2.75) is 46.1 Å². The number of nitrogens with zero attached hydrogens (tertiary/aromatic N) is 2. The van der Waals surface area contributed by atoms with Crippen molar-refractivity contribution in [3.8, 4) is 11.1 Å². The molecule has 0 aliphatic carbocycles. The molecule has 1 saturated heterocycles. The van der Waals surface area contributed by atoms with Gasteiger partial charge in [-0.1, -0.05) is 37.3 Å². The SMILES string of the molecule is CCC(=O)N1CC[C@@](Cc2ccc(-c3cccnc3)cc2)(C(=O)NC(C)C)C1. The van der Waals surface area contributed by atoms with Crippen LogP contribution in [0, 0.1) is 5.41 Å². The summed E-state index contributed by atoms with van der Waals surface area (Å²) in [5, 5.41) is 3.08. The topological polar surface area (TPSA) is 62.3 Å². The number of rotatable bonds is 6. The van der Waals surface area contributed by atoms with Crippen molar-refractivity contribution >= 4 is 11.8 Å². The van der Waals surface area contributed by atoms with Crippen molar-refractivity contribution < 1.29 is 9.59 Å². The van der Waals surface area contributed by atoms with E-state index in [4.69, 9.17) is 0 Å². The number of nitrogens with one attached hydrogen (secondary N) is 1. The van der Waals surface area contributed by atoms with Crippen LogP contribution >= 0.6 is 0 Å². The van der Waals surface area contributed by atoms with Crippen LogP contribution in [0.5, 0.6) is 0 Å². The second-order valence-electron chi connectivity index (χ2n) is 7.94. The van der Waals surface area contributed by atoms with E-state index in [-0.39, 0.29) is 17.9 Å². The number of benzene rings is 1. The number of amides is 2. The first-order valence-corrected chi connectivity index (χ1v) is 10.0. The van der Waals surface area contributed by atoms with E-state index in [2.05, 4.69) is 34.6 Å². The molecule has 0 unspecified atom stereocenters. The van der Waals surface area contributed by atoms with E-state index in [1.807, 2.05) is 44.0 Å². The fraction of sp³-hybridized carbons (Fsp3) is 0.435. The second-order valence-corrected chi connectivity index (χ2v) is 7.94. The summed E-state index contributed by atoms with van der Waals surface area (Å²) in [5.74, 6) is 0.163. The minimum absolute atomic E-state index is 0.0465. The van der Waals surface area contributed by atoms with Gasteiger partial charge in [0.15, 0.2) is 0 Å². The van der Waals surface area contributed by atoms with Crippen LogP contribution in [0.4, 0.5) is 0 Å². The minimum atomic E-state index is -0.565. The van der Waals surface area contributed by atoms with Gasteiger partial charge in [0.25, 0.3) is 0 Å². The van der Waals surface area contributed by atoms with Gasteiger partial charge in [-0.15, -0.1) is 0 Å². The monoisotopic (exact) mass is 379 g/mol. The molecule has 1 aliphatic rings. The van der Waals surface area contributed by atoms with E-state index in [9.17, 15) is 9.59 Å². The largest absolute Gasteiger partial charge is 0.353 e. The van der Waals surface area contributed by atoms with E-state index in [1.165, 1.54) is 0 Å². The van der Waals surface area contributed by atoms with Gasteiger partial charge in [-0.25, -0.2) is 0 Å². The summed E-state index contributed by atoms with van der Waals surface area (Å²) < 4.78 is 0. The molecule has 1 fully saturated rings. The molecule has 5 nitrogen and oxygen atoms in total. The van der Waals surface area contributed by atoms with Gasteiger partial charge in [0.1, 0.15) is 0 Å². The second kappa shape index (κ2) is 8.55. The Morgan fingerprint density at radius 1 is 1.18 bits per heavy atom. The summed E-state index contributed by atoms with van der Waals surface area (Å²) in [6.07, 6.45) is 5.41. The molecule has 2 aromatic rings. The van der Waals surface area contributed by atoms with E-state index in [0.29, 0.717) is 32.4 Å². The molecule has 2 amide bonds. The predicted molar refractivity (Wildman–Crippen MR) is 111 cm³/mol. The maximum Gasteiger partial charge on any atom is 0.228 e. The van der Waals surface area contributed by atoms with Crippen molar-refractivity contribution in [1.29, 1.82) is 0 Å². The van der Waals surface area contributed by atoms with E-state index in [0.717, 1.165) is 16.7 Å². The molecule has 1 aromatic heterocycles. The van der Waals surface area contributed by atoms with Crippen LogP contribution in [0.2, 0.25) is 0 Å². The van der Waals surface area contributed by atoms with E-state index in [1.54, 1.807) is 6.20 Å². The zero-order valence-electron chi connectivity index (χ0n) is 16.9. The van der Waals surface area contributed by atoms with Gasteiger partial charge < -0.3 is 10.2 Å². The third-order valence-electron chi connectivity index (χ3n) is 5.40. The Hall–Kier alpha value is -2.69. The standard InChI is InChI=1S/C23H29N3O2/c1-4-21(27)26-13-11-23(16-26,22(28)25-17(2)3)14-18-7-9-19(10-8-18)20-6-5-12-24-15-20/h5-10,12,15,17H,4,11,13-14,16H2,1-3H3,(H,25,28)/t23-/m0/s1. The Bertz CT molecular complexity index is 818. The highest BCUT2D eigenvalue weighted by Crippen LogP contribution is 2.35. The molecule has 2 heterocycles. The third kappa shape index (κ3) is 4.41. The number of hydrogen-bond acceptors (Lipinski definition) is 3. The first-order chi connectivity index (χ1) is 13.4. The van der Waals surface area contributed by atoms with Gasteiger partial charge in [0, 0.05) is 37.9 Å². The van der Waals surface area contributed by atoms with Crippen molar-refractivity contribution in [2.75, 3.05) is 13.1 Å². The molecular weight excluding hydrogens is 350 g/mol. The maximum absolute atomic E-state index is 13.1. The molecule has 3 rings (SSSR count). The Labute approximate surface area is 167 Å². The Kier molecular flexibility index (Phi) is 6.12. The van der Waals surface area contributed by atoms with Crippen LogP contribution < -0.4 is 5.32 Å². The number of carbonyl (C=O) groups is 2. The predicted octanol–water partition coefficient (Wildman–Crippen LogP) is 3.44. The summed E-state index contributed by atoms with van der Waals surface area (Å²) in [7, 11) is 0. The van der Waals surface area contributed by atoms with Crippen LogP contribution in [0.25, 0.3) is 11.1 Å². The summed E-state index contributed by atoms with van der Waals surface area (Å²) in [5.41, 5.74) is 2.72. The first kappa shape index (κ1) is 20.1. The van der Waals surface area contributed by atoms with Crippen molar-refractivity contribution in [3.63, 3.8) is 0 Å². The molecule has 0 spiro atoms. The van der Waals surface area contributed by atoms with Crippen molar-refractivity contribution in [3.05, 3.63) is 54.4 Å². The third-order valence-corrected chi connectivity index (χ3v) is 5.40. The number of aromatic nitrogens is 1. The molecule has 0 radical (unpaired) electrons. The number of hydrogen-bond donors (Lipinski definition) is 1. The molecule has 1 aromatic carbocycles. The Balaban J connectivity index is 1.82. The van der Waals surface area contributed by atoms with Gasteiger partial charge in [0.2, 0.25) is 11.8 Å². The molecular formula is C23H29N3O2. The van der Waals surface area contributed by atoms with Gasteiger partial charge in [-0.05, 0) is 49.4 Å². The quantitative estimate of drug-likeness (QED) is 0.836. The van der Waals surface area contributed by atoms with Crippen LogP contribution in [-0.4, -0.2) is 40.8 Å². The molecule has 0 bridgehead atoms. The lowest BCUT2D eigenvalue weighted by molar-refractivity contribution is -0.133. The highest BCUT2D eigenvalue weighted by Gasteiger charge is 2.45. The van der Waals surface area contributed by atoms with E-state index >= 15 is 0 Å². The molecule has 1 N–H and O–H groups in total. The lowest BCUT2D eigenvalue weighted by Crippen LogP contribution is -2.47. The van der Waals surface area contributed by atoms with Gasteiger partial charge in [-0.3, -0.25) is 14.6 Å². The average molecular weight is 380 g/mol. The summed E-state index contributed by atoms with van der Waals surface area (Å²) in [6.45, 7) is 6.94. The fourth-order valence-electron chi connectivity index (χ4n) is 3.87. The molecule has 148 valence electrons. The molecule has 28 heavy (non-hydrogen) atoms. The normalized spacial score (nSPS) is 19.1. The van der Waals surface area contributed by atoms with Crippen LogP contribution in [0.15, 0.2) is 48.8 Å². The fourth-order valence-corrected chi connectivity index (χ4v) is 3.87. The summed E-state index contributed by atoms with van der Waals surface area (Å²) in [4.78, 5) is 31.3. The molecule has 5 heteroatoms. The summed E-state index contributed by atoms with van der Waals surface area (Å²) >= 11 is 0. The minimum Gasteiger partial charge on any atom is -0.353 e. The zero-order chi connectivity index (χ0) is 20.1. The average Bonchev–Trinajstić information content (AvgIpc) is 3.13. The van der Waals surface area contributed by atoms with Crippen molar-refractivity contribution in [1.82, 2.24) is 15.2 Å². The van der Waals surface area contributed by atoms with Gasteiger partial charge in [0.05, 0.1) is 5.41 Å². The number of pyridine rings is 1. The van der Waals surface area contributed by atoms with Gasteiger partial charge in [-0.2, -0.15) is 0 Å². The first-order valence-electron chi connectivity index (χ1n) is 10.0. The zero-order valence-corrected chi connectivity index (χ0v) is 16.9. The number of likely N-dealkylation sites (tertiary alicyclic amines) is 1. The van der Waals surface area contributed by atoms with Crippen LogP contribution in [0.1, 0.15) is 39.2 Å². The van der Waals surface area contributed by atoms with E-state index < -0.39 is 5.41 Å². The lowest BCUT2D eigenvalue weighted by atomic mass is 9.79. The maximum atomic E-state index is 13.1. The molecule has 1 atom stereocenters. The highest BCUT2D eigenvalue weighted by molar-refractivity contribution is 5.86. The molecule has 0 saturated carbocycles. The highest BCUT2D eigenvalue weighted by atomic mass is 16.2.